The van der Waals surface area contributed by atoms with Crippen LogP contribution < -0.4 is 4.74 Å². The molecule has 1 aromatic carbocycles. The number of hydrogen-bond donors (Lipinski definition) is 1. The fourth-order valence-corrected chi connectivity index (χ4v) is 2.94. The SMILES string of the molecule is COc1ccc(C)cc1-c1nc(C)c(CCO)s1. The topological polar surface area (TPSA) is 42.4 Å². The number of hydrogen-bond acceptors (Lipinski definition) is 4. The fraction of sp³-hybridized carbons (Fsp3) is 0.357. The fourth-order valence-electron chi connectivity index (χ4n) is 1.87. The van der Waals surface area contributed by atoms with E-state index in [1.165, 1.54) is 5.56 Å². The molecule has 0 aliphatic heterocycles. The molecule has 3 nitrogen and oxygen atoms in total. The molecule has 2 aromatic rings. The standard InChI is InChI=1S/C14H17NO2S/c1-9-4-5-12(17-3)11(8-9)14-15-10(2)13(18-14)6-7-16/h4-5,8,16H,6-7H2,1-3H3. The van der Waals surface area contributed by atoms with E-state index in [1.807, 2.05) is 19.1 Å². The second-order valence-corrected chi connectivity index (χ2v) is 5.29. The van der Waals surface area contributed by atoms with Crippen molar-refractivity contribution < 1.29 is 9.84 Å². The van der Waals surface area contributed by atoms with Gasteiger partial charge in [0.1, 0.15) is 10.8 Å². The Labute approximate surface area is 111 Å². The van der Waals surface area contributed by atoms with Gasteiger partial charge >= 0.3 is 0 Å². The molecule has 1 N–H and O–H groups in total. The third-order valence-corrected chi connectivity index (χ3v) is 4.07. The van der Waals surface area contributed by atoms with Crippen LogP contribution in [0.25, 0.3) is 10.6 Å². The van der Waals surface area contributed by atoms with Gasteiger partial charge in [-0.05, 0) is 26.0 Å². The van der Waals surface area contributed by atoms with Crippen molar-refractivity contribution in [2.45, 2.75) is 20.3 Å². The van der Waals surface area contributed by atoms with Crippen LogP contribution in [0, 0.1) is 13.8 Å². The van der Waals surface area contributed by atoms with Gasteiger partial charge in [-0.15, -0.1) is 11.3 Å². The maximum absolute atomic E-state index is 9.02. The van der Waals surface area contributed by atoms with Crippen LogP contribution in [-0.4, -0.2) is 23.8 Å². The summed E-state index contributed by atoms with van der Waals surface area (Å²) in [7, 11) is 1.67. The molecular weight excluding hydrogens is 246 g/mol. The van der Waals surface area contributed by atoms with E-state index in [1.54, 1.807) is 18.4 Å². The van der Waals surface area contributed by atoms with E-state index < -0.39 is 0 Å². The summed E-state index contributed by atoms with van der Waals surface area (Å²) in [6.45, 7) is 4.19. The first-order chi connectivity index (χ1) is 8.65. The highest BCUT2D eigenvalue weighted by Crippen LogP contribution is 2.35. The number of methoxy groups -OCH3 is 1. The molecule has 0 fully saturated rings. The van der Waals surface area contributed by atoms with Gasteiger partial charge in [0.25, 0.3) is 0 Å². The van der Waals surface area contributed by atoms with Crippen molar-refractivity contribution in [2.75, 3.05) is 13.7 Å². The van der Waals surface area contributed by atoms with Crippen molar-refractivity contribution >= 4 is 11.3 Å². The predicted octanol–water partition coefficient (Wildman–Crippen LogP) is 2.97. The van der Waals surface area contributed by atoms with Crippen LogP contribution in [0.3, 0.4) is 0 Å². The number of aliphatic hydroxyl groups excluding tert-OH is 1. The first-order valence-electron chi connectivity index (χ1n) is 5.88. The first kappa shape index (κ1) is 13.1. The lowest BCUT2D eigenvalue weighted by atomic mass is 10.1. The minimum atomic E-state index is 0.160. The molecule has 0 bridgehead atoms. The van der Waals surface area contributed by atoms with E-state index in [0.29, 0.717) is 6.42 Å². The number of aliphatic hydroxyl groups is 1. The van der Waals surface area contributed by atoms with Gasteiger partial charge in [-0.3, -0.25) is 0 Å². The molecule has 0 radical (unpaired) electrons. The molecule has 0 spiro atoms. The van der Waals surface area contributed by atoms with Crippen LogP contribution in [0.5, 0.6) is 5.75 Å². The maximum atomic E-state index is 9.02. The van der Waals surface area contributed by atoms with Crippen LogP contribution >= 0.6 is 11.3 Å². The van der Waals surface area contributed by atoms with Crippen LogP contribution in [0.2, 0.25) is 0 Å². The highest BCUT2D eigenvalue weighted by molar-refractivity contribution is 7.15. The number of ether oxygens (including phenoxy) is 1. The zero-order chi connectivity index (χ0) is 13.1. The molecule has 18 heavy (non-hydrogen) atoms. The van der Waals surface area contributed by atoms with Crippen molar-refractivity contribution in [1.82, 2.24) is 4.98 Å². The van der Waals surface area contributed by atoms with Crippen LogP contribution in [-0.2, 0) is 6.42 Å². The summed E-state index contributed by atoms with van der Waals surface area (Å²) < 4.78 is 5.38. The number of thiazole rings is 1. The molecular formula is C14H17NO2S. The van der Waals surface area contributed by atoms with E-state index in [4.69, 9.17) is 9.84 Å². The summed E-state index contributed by atoms with van der Waals surface area (Å²) in [6, 6.07) is 6.07. The second kappa shape index (κ2) is 5.50. The van der Waals surface area contributed by atoms with E-state index in [-0.39, 0.29) is 6.61 Å². The van der Waals surface area contributed by atoms with Gasteiger partial charge in [0, 0.05) is 17.9 Å². The first-order valence-corrected chi connectivity index (χ1v) is 6.69. The molecule has 0 aliphatic carbocycles. The normalized spacial score (nSPS) is 10.7. The van der Waals surface area contributed by atoms with Crippen LogP contribution in [0.1, 0.15) is 16.1 Å². The van der Waals surface area contributed by atoms with E-state index in [2.05, 4.69) is 18.0 Å². The Morgan fingerprint density at radius 2 is 2.11 bits per heavy atom. The molecule has 1 aromatic heterocycles. The van der Waals surface area contributed by atoms with Crippen molar-refractivity contribution in [3.8, 4) is 16.3 Å². The van der Waals surface area contributed by atoms with Gasteiger partial charge in [0.2, 0.25) is 0 Å². The summed E-state index contributed by atoms with van der Waals surface area (Å²) >= 11 is 1.62. The lowest BCUT2D eigenvalue weighted by Gasteiger charge is -2.06. The van der Waals surface area contributed by atoms with E-state index >= 15 is 0 Å². The summed E-state index contributed by atoms with van der Waals surface area (Å²) in [6.07, 6.45) is 0.664. The predicted molar refractivity (Wildman–Crippen MR) is 74.4 cm³/mol. The monoisotopic (exact) mass is 263 g/mol. The lowest BCUT2D eigenvalue weighted by Crippen LogP contribution is -1.89. The van der Waals surface area contributed by atoms with Gasteiger partial charge in [0.15, 0.2) is 0 Å². The highest BCUT2D eigenvalue weighted by atomic mass is 32.1. The molecule has 0 atom stereocenters. The smallest absolute Gasteiger partial charge is 0.129 e. The number of benzene rings is 1. The average Bonchev–Trinajstić information content (AvgIpc) is 2.71. The van der Waals surface area contributed by atoms with Gasteiger partial charge in [-0.1, -0.05) is 11.6 Å². The molecule has 0 unspecified atom stereocenters. The third-order valence-electron chi connectivity index (χ3n) is 2.82. The van der Waals surface area contributed by atoms with Crippen molar-refractivity contribution in [3.63, 3.8) is 0 Å². The molecule has 0 saturated carbocycles. The Kier molecular flexibility index (Phi) is 3.99. The quantitative estimate of drug-likeness (QED) is 0.922. The number of rotatable bonds is 4. The minimum Gasteiger partial charge on any atom is -0.496 e. The molecule has 2 rings (SSSR count). The third kappa shape index (κ3) is 2.54. The van der Waals surface area contributed by atoms with Crippen molar-refractivity contribution in [2.24, 2.45) is 0 Å². The van der Waals surface area contributed by atoms with Crippen molar-refractivity contribution in [3.05, 3.63) is 34.3 Å². The molecule has 96 valence electrons. The Morgan fingerprint density at radius 3 is 2.78 bits per heavy atom. The zero-order valence-corrected chi connectivity index (χ0v) is 11.7. The Balaban J connectivity index is 2.47. The minimum absolute atomic E-state index is 0.160. The number of nitrogens with zero attached hydrogens (tertiary/aromatic N) is 1. The molecule has 0 saturated heterocycles. The Morgan fingerprint density at radius 1 is 1.33 bits per heavy atom. The van der Waals surface area contributed by atoms with Crippen LogP contribution in [0.4, 0.5) is 0 Å². The van der Waals surface area contributed by atoms with Gasteiger partial charge in [-0.2, -0.15) is 0 Å². The van der Waals surface area contributed by atoms with Crippen LogP contribution in [0.15, 0.2) is 18.2 Å². The van der Waals surface area contributed by atoms with Gasteiger partial charge < -0.3 is 9.84 Å². The summed E-state index contributed by atoms with van der Waals surface area (Å²) in [5.41, 5.74) is 3.20. The van der Waals surface area contributed by atoms with Crippen molar-refractivity contribution in [1.29, 1.82) is 0 Å². The van der Waals surface area contributed by atoms with E-state index in [9.17, 15) is 0 Å². The average molecular weight is 263 g/mol. The molecule has 0 aliphatic rings. The second-order valence-electron chi connectivity index (χ2n) is 4.20. The highest BCUT2D eigenvalue weighted by Gasteiger charge is 2.13. The molecule has 4 heteroatoms. The number of aromatic nitrogens is 1. The summed E-state index contributed by atoms with van der Waals surface area (Å²) in [4.78, 5) is 5.71. The molecule has 1 heterocycles. The number of aryl methyl sites for hydroxylation is 2. The Bertz CT molecular complexity index is 549. The maximum Gasteiger partial charge on any atom is 0.129 e. The Hall–Kier alpha value is -1.39. The summed E-state index contributed by atoms with van der Waals surface area (Å²) in [5.74, 6) is 0.838. The summed E-state index contributed by atoms with van der Waals surface area (Å²) in [5, 5.41) is 9.98. The van der Waals surface area contributed by atoms with Gasteiger partial charge in [-0.25, -0.2) is 4.98 Å². The van der Waals surface area contributed by atoms with E-state index in [0.717, 1.165) is 26.9 Å². The zero-order valence-electron chi connectivity index (χ0n) is 10.9. The molecule has 0 amide bonds. The largest absolute Gasteiger partial charge is 0.496 e. The lowest BCUT2D eigenvalue weighted by molar-refractivity contribution is 0.300. The van der Waals surface area contributed by atoms with Gasteiger partial charge in [0.05, 0.1) is 18.4 Å².